The van der Waals surface area contributed by atoms with E-state index in [1.807, 2.05) is 25.1 Å². The lowest BCUT2D eigenvalue weighted by Crippen LogP contribution is -1.93. The first-order valence-electron chi connectivity index (χ1n) is 4.52. The Bertz CT molecular complexity index is 401. The molecule has 0 amide bonds. The lowest BCUT2D eigenvalue weighted by Gasteiger charge is -1.99. The summed E-state index contributed by atoms with van der Waals surface area (Å²) >= 11 is 0. The van der Waals surface area contributed by atoms with E-state index in [9.17, 15) is 0 Å². The van der Waals surface area contributed by atoms with Crippen molar-refractivity contribution in [2.75, 3.05) is 5.73 Å². The van der Waals surface area contributed by atoms with Gasteiger partial charge in [-0.05, 0) is 12.5 Å². The summed E-state index contributed by atoms with van der Waals surface area (Å²) < 4.78 is 4.90. The number of aromatic nitrogens is 1. The molecule has 0 fully saturated rings. The largest absolute Gasteiger partial charge is 0.367 e. The van der Waals surface area contributed by atoms with Crippen LogP contribution in [0.25, 0.3) is 0 Å². The molecule has 2 aromatic rings. The van der Waals surface area contributed by atoms with Crippen molar-refractivity contribution in [3.8, 4) is 0 Å². The first kappa shape index (κ1) is 8.81. The summed E-state index contributed by atoms with van der Waals surface area (Å²) in [5.74, 6) is 0.423. The van der Waals surface area contributed by atoms with E-state index >= 15 is 0 Å². The van der Waals surface area contributed by atoms with E-state index in [1.54, 1.807) is 0 Å². The molecule has 3 nitrogen and oxygen atoms in total. The van der Waals surface area contributed by atoms with Gasteiger partial charge in [0.1, 0.15) is 0 Å². The third-order valence-electron chi connectivity index (χ3n) is 2.24. The fourth-order valence-corrected chi connectivity index (χ4v) is 1.42. The standard InChI is InChI=1S/C11H12N2O/c1-8-10(11(12)14-13-8)7-9-5-3-2-4-6-9/h2-6H,7,12H2,1H3. The number of benzene rings is 1. The summed E-state index contributed by atoms with van der Waals surface area (Å²) in [6.07, 6.45) is 0.780. The molecule has 0 aliphatic heterocycles. The highest BCUT2D eigenvalue weighted by Gasteiger charge is 2.09. The van der Waals surface area contributed by atoms with Crippen molar-refractivity contribution < 1.29 is 4.52 Å². The molecular formula is C11H12N2O. The smallest absolute Gasteiger partial charge is 0.225 e. The lowest BCUT2D eigenvalue weighted by molar-refractivity contribution is 0.431. The first-order valence-corrected chi connectivity index (χ1v) is 4.52. The van der Waals surface area contributed by atoms with E-state index < -0.39 is 0 Å². The van der Waals surface area contributed by atoms with Crippen molar-refractivity contribution in [2.45, 2.75) is 13.3 Å². The predicted molar refractivity (Wildman–Crippen MR) is 54.9 cm³/mol. The van der Waals surface area contributed by atoms with Gasteiger partial charge in [-0.2, -0.15) is 0 Å². The normalized spacial score (nSPS) is 10.4. The SMILES string of the molecule is Cc1noc(N)c1Cc1ccccc1. The fourth-order valence-electron chi connectivity index (χ4n) is 1.42. The molecule has 0 aliphatic carbocycles. The van der Waals surface area contributed by atoms with Crippen LogP contribution in [-0.4, -0.2) is 5.16 Å². The van der Waals surface area contributed by atoms with Crippen LogP contribution in [0.2, 0.25) is 0 Å². The molecule has 0 aliphatic rings. The van der Waals surface area contributed by atoms with Crippen molar-refractivity contribution in [2.24, 2.45) is 0 Å². The van der Waals surface area contributed by atoms with Crippen molar-refractivity contribution in [3.63, 3.8) is 0 Å². The molecular weight excluding hydrogens is 176 g/mol. The second-order valence-corrected chi connectivity index (χ2v) is 3.27. The molecule has 0 atom stereocenters. The van der Waals surface area contributed by atoms with Crippen LogP contribution in [0.15, 0.2) is 34.9 Å². The zero-order valence-electron chi connectivity index (χ0n) is 8.03. The molecule has 2 N–H and O–H groups in total. The number of nitrogen functional groups attached to an aromatic ring is 1. The van der Waals surface area contributed by atoms with Crippen molar-refractivity contribution in [3.05, 3.63) is 47.2 Å². The summed E-state index contributed by atoms with van der Waals surface area (Å²) in [4.78, 5) is 0. The quantitative estimate of drug-likeness (QED) is 0.785. The van der Waals surface area contributed by atoms with Gasteiger partial charge in [0.25, 0.3) is 0 Å². The van der Waals surface area contributed by atoms with Crippen LogP contribution >= 0.6 is 0 Å². The number of nitrogens with two attached hydrogens (primary N) is 1. The minimum Gasteiger partial charge on any atom is -0.367 e. The lowest BCUT2D eigenvalue weighted by atomic mass is 10.1. The van der Waals surface area contributed by atoms with Crippen molar-refractivity contribution in [1.82, 2.24) is 5.16 Å². The number of hydrogen-bond acceptors (Lipinski definition) is 3. The van der Waals surface area contributed by atoms with Crippen LogP contribution in [-0.2, 0) is 6.42 Å². The van der Waals surface area contributed by atoms with Crippen molar-refractivity contribution >= 4 is 5.88 Å². The number of rotatable bonds is 2. The average molecular weight is 188 g/mol. The Labute approximate surface area is 82.5 Å². The van der Waals surface area contributed by atoms with Crippen molar-refractivity contribution in [1.29, 1.82) is 0 Å². The Kier molecular flexibility index (Phi) is 2.23. The molecule has 14 heavy (non-hydrogen) atoms. The van der Waals surface area contributed by atoms with E-state index in [-0.39, 0.29) is 0 Å². The molecule has 0 bridgehead atoms. The number of hydrogen-bond donors (Lipinski definition) is 1. The third-order valence-corrected chi connectivity index (χ3v) is 2.24. The molecule has 1 aromatic heterocycles. The summed E-state index contributed by atoms with van der Waals surface area (Å²) in [6.45, 7) is 1.90. The zero-order chi connectivity index (χ0) is 9.97. The Morgan fingerprint density at radius 3 is 2.57 bits per heavy atom. The Morgan fingerprint density at radius 2 is 2.00 bits per heavy atom. The van der Waals surface area contributed by atoms with Gasteiger partial charge in [-0.15, -0.1) is 0 Å². The van der Waals surface area contributed by atoms with Gasteiger partial charge in [0, 0.05) is 12.0 Å². The van der Waals surface area contributed by atoms with Gasteiger partial charge >= 0.3 is 0 Å². The average Bonchev–Trinajstić information content (AvgIpc) is 2.51. The Balaban J connectivity index is 2.27. The second kappa shape index (κ2) is 3.54. The molecule has 0 saturated heterocycles. The van der Waals surface area contributed by atoms with Gasteiger partial charge in [0.05, 0.1) is 5.69 Å². The highest BCUT2D eigenvalue weighted by molar-refractivity contribution is 5.41. The van der Waals surface area contributed by atoms with E-state index in [1.165, 1.54) is 5.56 Å². The first-order chi connectivity index (χ1) is 6.77. The van der Waals surface area contributed by atoms with Crippen LogP contribution in [0, 0.1) is 6.92 Å². The summed E-state index contributed by atoms with van der Waals surface area (Å²) in [6, 6.07) is 10.1. The van der Waals surface area contributed by atoms with Gasteiger partial charge in [0.2, 0.25) is 5.88 Å². The second-order valence-electron chi connectivity index (χ2n) is 3.27. The van der Waals surface area contributed by atoms with Crippen LogP contribution in [0.4, 0.5) is 5.88 Å². The van der Waals surface area contributed by atoms with Crippen LogP contribution < -0.4 is 5.73 Å². The maximum atomic E-state index is 5.66. The van der Waals surface area contributed by atoms with Crippen LogP contribution in [0.5, 0.6) is 0 Å². The Morgan fingerprint density at radius 1 is 1.29 bits per heavy atom. The van der Waals surface area contributed by atoms with Gasteiger partial charge in [-0.1, -0.05) is 35.5 Å². The van der Waals surface area contributed by atoms with Gasteiger partial charge in [0.15, 0.2) is 0 Å². The van der Waals surface area contributed by atoms with Gasteiger partial charge in [-0.3, -0.25) is 0 Å². The maximum Gasteiger partial charge on any atom is 0.225 e. The molecule has 0 radical (unpaired) electrons. The highest BCUT2D eigenvalue weighted by atomic mass is 16.5. The van der Waals surface area contributed by atoms with Gasteiger partial charge in [-0.25, -0.2) is 0 Å². The van der Waals surface area contributed by atoms with Gasteiger partial charge < -0.3 is 10.3 Å². The maximum absolute atomic E-state index is 5.66. The molecule has 1 aromatic carbocycles. The van der Waals surface area contributed by atoms with E-state index in [4.69, 9.17) is 10.3 Å². The number of anilines is 1. The molecule has 0 spiro atoms. The predicted octanol–water partition coefficient (Wildman–Crippen LogP) is 2.16. The molecule has 0 saturated carbocycles. The summed E-state index contributed by atoms with van der Waals surface area (Å²) in [5.41, 5.74) is 8.72. The molecule has 1 heterocycles. The molecule has 2 rings (SSSR count). The van der Waals surface area contributed by atoms with E-state index in [0.29, 0.717) is 5.88 Å². The summed E-state index contributed by atoms with van der Waals surface area (Å²) in [7, 11) is 0. The monoisotopic (exact) mass is 188 g/mol. The number of nitrogens with zero attached hydrogens (tertiary/aromatic N) is 1. The highest BCUT2D eigenvalue weighted by Crippen LogP contribution is 2.19. The zero-order valence-corrected chi connectivity index (χ0v) is 8.03. The van der Waals surface area contributed by atoms with E-state index in [0.717, 1.165) is 17.7 Å². The summed E-state index contributed by atoms with van der Waals surface area (Å²) in [5, 5.41) is 3.81. The fraction of sp³-hybridized carbons (Fsp3) is 0.182. The Hall–Kier alpha value is -1.77. The van der Waals surface area contributed by atoms with Crippen LogP contribution in [0.1, 0.15) is 16.8 Å². The van der Waals surface area contributed by atoms with Crippen LogP contribution in [0.3, 0.4) is 0 Å². The number of aryl methyl sites for hydroxylation is 1. The third kappa shape index (κ3) is 1.62. The van der Waals surface area contributed by atoms with E-state index in [2.05, 4.69) is 17.3 Å². The minimum absolute atomic E-state index is 0.423. The minimum atomic E-state index is 0.423. The molecule has 72 valence electrons. The molecule has 3 heteroatoms. The molecule has 0 unspecified atom stereocenters. The topological polar surface area (TPSA) is 52.0 Å².